The maximum Gasteiger partial charge on any atom is 0.360 e. The van der Waals surface area contributed by atoms with Crippen molar-refractivity contribution in [2.24, 2.45) is 0 Å². The lowest BCUT2D eigenvalue weighted by Crippen LogP contribution is -2.24. The highest BCUT2D eigenvalue weighted by Crippen LogP contribution is 2.51. The van der Waals surface area contributed by atoms with E-state index in [1.807, 2.05) is 0 Å². The molecule has 0 amide bonds. The summed E-state index contributed by atoms with van der Waals surface area (Å²) in [6.07, 6.45) is 0. The van der Waals surface area contributed by atoms with E-state index in [9.17, 15) is 13.7 Å². The Labute approximate surface area is 141 Å². The molecular formula is C12H21O9P3. The lowest BCUT2D eigenvalue weighted by Gasteiger charge is -2.21. The quantitative estimate of drug-likeness (QED) is 0.574. The molecule has 138 valence electrons. The highest BCUT2D eigenvalue weighted by molar-refractivity contribution is 7.65. The van der Waals surface area contributed by atoms with Crippen LogP contribution < -0.4 is 15.9 Å². The van der Waals surface area contributed by atoms with Gasteiger partial charge in [-0.05, 0) is 18.2 Å². The van der Waals surface area contributed by atoms with E-state index in [0.717, 1.165) is 0 Å². The maximum atomic E-state index is 12.7. The highest BCUT2D eigenvalue weighted by Gasteiger charge is 2.35. The van der Waals surface area contributed by atoms with Gasteiger partial charge >= 0.3 is 22.8 Å². The lowest BCUT2D eigenvalue weighted by atomic mass is 10.4. The van der Waals surface area contributed by atoms with Crippen LogP contribution in [0.1, 0.15) is 0 Å². The van der Waals surface area contributed by atoms with Gasteiger partial charge in [0.2, 0.25) is 0 Å². The third kappa shape index (κ3) is 4.07. The molecule has 0 saturated carbocycles. The Morgan fingerprint density at radius 2 is 0.667 bits per heavy atom. The zero-order valence-corrected chi connectivity index (χ0v) is 16.9. The molecule has 12 heteroatoms. The normalized spacial score (nSPS) is 13.2. The second kappa shape index (κ2) is 8.37. The van der Waals surface area contributed by atoms with Crippen molar-refractivity contribution >= 4 is 38.7 Å². The molecule has 0 aliphatic carbocycles. The number of hydrogen-bond donors (Lipinski definition) is 0. The largest absolute Gasteiger partial charge is 0.360 e. The maximum absolute atomic E-state index is 12.7. The minimum absolute atomic E-state index is 0.00338. The monoisotopic (exact) mass is 402 g/mol. The summed E-state index contributed by atoms with van der Waals surface area (Å²) in [5.41, 5.74) is 0. The first-order valence-corrected chi connectivity index (χ1v) is 11.1. The van der Waals surface area contributed by atoms with Crippen LogP contribution in [-0.4, -0.2) is 42.7 Å². The van der Waals surface area contributed by atoms with E-state index < -0.39 is 22.8 Å². The van der Waals surface area contributed by atoms with Crippen molar-refractivity contribution in [3.63, 3.8) is 0 Å². The molecule has 9 nitrogen and oxygen atoms in total. The molecule has 1 aromatic carbocycles. The molecule has 0 aromatic heterocycles. The SMILES string of the molecule is COP(=O)(OC)c1cc(P(=O)(OC)OC)cc(P(=O)(OC)OC)c1. The molecule has 0 aliphatic rings. The van der Waals surface area contributed by atoms with E-state index in [-0.39, 0.29) is 15.9 Å². The van der Waals surface area contributed by atoms with Crippen LogP contribution in [0.15, 0.2) is 18.2 Å². The number of benzene rings is 1. The minimum atomic E-state index is -3.73. The first-order valence-electron chi connectivity index (χ1n) is 6.50. The standard InChI is InChI=1S/C12H21O9P3/c1-16-22(13,17-2)10-7-11(23(14,18-3)19-4)9-12(8-10)24(15,20-5)21-6/h7-9H,1-6H3. The van der Waals surface area contributed by atoms with E-state index in [0.29, 0.717) is 0 Å². The average Bonchev–Trinajstić information content (AvgIpc) is 2.65. The Morgan fingerprint density at radius 3 is 0.792 bits per heavy atom. The van der Waals surface area contributed by atoms with Crippen molar-refractivity contribution in [3.8, 4) is 0 Å². The van der Waals surface area contributed by atoms with Gasteiger partial charge < -0.3 is 27.1 Å². The zero-order chi connectivity index (χ0) is 18.6. The van der Waals surface area contributed by atoms with Gasteiger partial charge in [0.1, 0.15) is 0 Å². The van der Waals surface area contributed by atoms with Crippen LogP contribution in [0.3, 0.4) is 0 Å². The van der Waals surface area contributed by atoms with E-state index >= 15 is 0 Å². The van der Waals surface area contributed by atoms with Crippen LogP contribution in [0.5, 0.6) is 0 Å². The van der Waals surface area contributed by atoms with Gasteiger partial charge in [-0.1, -0.05) is 0 Å². The Balaban J connectivity index is 3.79. The van der Waals surface area contributed by atoms with Crippen LogP contribution in [0.4, 0.5) is 0 Å². The summed E-state index contributed by atoms with van der Waals surface area (Å²) < 4.78 is 67.6. The van der Waals surface area contributed by atoms with Crippen LogP contribution in [0, 0.1) is 0 Å². The minimum Gasteiger partial charge on any atom is -0.309 e. The third-order valence-electron chi connectivity index (χ3n) is 3.28. The smallest absolute Gasteiger partial charge is 0.309 e. The molecule has 1 aromatic rings. The molecule has 0 radical (unpaired) electrons. The van der Waals surface area contributed by atoms with Crippen molar-refractivity contribution in [1.82, 2.24) is 0 Å². The van der Waals surface area contributed by atoms with Gasteiger partial charge in [0.15, 0.2) is 0 Å². The molecule has 0 aliphatic heterocycles. The molecule has 1 rings (SSSR count). The van der Waals surface area contributed by atoms with Crippen molar-refractivity contribution in [1.29, 1.82) is 0 Å². The van der Waals surface area contributed by atoms with E-state index in [2.05, 4.69) is 0 Å². The summed E-state index contributed by atoms with van der Waals surface area (Å²) in [6, 6.07) is 3.84. The fourth-order valence-corrected chi connectivity index (χ4v) is 5.71. The van der Waals surface area contributed by atoms with Gasteiger partial charge in [-0.3, -0.25) is 13.7 Å². The lowest BCUT2D eigenvalue weighted by molar-refractivity contribution is 0.287. The van der Waals surface area contributed by atoms with Gasteiger partial charge in [0.25, 0.3) is 0 Å². The molecule has 0 atom stereocenters. The molecule has 0 spiro atoms. The molecular weight excluding hydrogens is 381 g/mol. The van der Waals surface area contributed by atoms with E-state index in [1.165, 1.54) is 60.9 Å². The fraction of sp³-hybridized carbons (Fsp3) is 0.500. The van der Waals surface area contributed by atoms with Crippen molar-refractivity contribution in [2.75, 3.05) is 42.7 Å². The van der Waals surface area contributed by atoms with Crippen molar-refractivity contribution < 1.29 is 40.8 Å². The summed E-state index contributed by atoms with van der Waals surface area (Å²) >= 11 is 0. The fourth-order valence-electron chi connectivity index (χ4n) is 1.91. The summed E-state index contributed by atoms with van der Waals surface area (Å²) in [5.74, 6) is 0. The third-order valence-corrected chi connectivity index (χ3v) is 8.83. The molecule has 0 heterocycles. The van der Waals surface area contributed by atoms with Crippen molar-refractivity contribution in [2.45, 2.75) is 0 Å². The van der Waals surface area contributed by atoms with Gasteiger partial charge in [-0.2, -0.15) is 0 Å². The first kappa shape index (κ1) is 21.7. The topological polar surface area (TPSA) is 107 Å². The van der Waals surface area contributed by atoms with Gasteiger partial charge in [-0.25, -0.2) is 0 Å². The Morgan fingerprint density at radius 1 is 0.500 bits per heavy atom. The predicted octanol–water partition coefficient (Wildman–Crippen LogP) is 2.02. The van der Waals surface area contributed by atoms with Crippen LogP contribution in [-0.2, 0) is 40.8 Å². The first-order chi connectivity index (χ1) is 11.2. The Kier molecular flexibility index (Phi) is 7.57. The van der Waals surface area contributed by atoms with E-state index in [1.54, 1.807) is 0 Å². The second-order valence-corrected chi connectivity index (χ2v) is 11.0. The van der Waals surface area contributed by atoms with Crippen LogP contribution in [0.2, 0.25) is 0 Å². The van der Waals surface area contributed by atoms with Crippen LogP contribution in [0.25, 0.3) is 0 Å². The van der Waals surface area contributed by atoms with Gasteiger partial charge in [0, 0.05) is 42.7 Å². The van der Waals surface area contributed by atoms with Gasteiger partial charge in [-0.15, -0.1) is 0 Å². The predicted molar refractivity (Wildman–Crippen MR) is 90.2 cm³/mol. The Hall–Kier alpha value is -0.330. The summed E-state index contributed by atoms with van der Waals surface area (Å²) in [5, 5.41) is 0.0101. The molecule has 0 N–H and O–H groups in total. The summed E-state index contributed by atoms with van der Waals surface area (Å²) in [7, 11) is -4.06. The second-order valence-electron chi connectivity index (χ2n) is 4.30. The molecule has 24 heavy (non-hydrogen) atoms. The Bertz CT molecular complexity index is 586. The van der Waals surface area contributed by atoms with Crippen LogP contribution >= 0.6 is 22.8 Å². The molecule has 0 unspecified atom stereocenters. The molecule has 0 fully saturated rings. The van der Waals surface area contributed by atoms with E-state index in [4.69, 9.17) is 27.1 Å². The average molecular weight is 402 g/mol. The number of hydrogen-bond acceptors (Lipinski definition) is 9. The summed E-state index contributed by atoms with van der Waals surface area (Å²) in [6.45, 7) is 0. The van der Waals surface area contributed by atoms with Crippen molar-refractivity contribution in [3.05, 3.63) is 18.2 Å². The summed E-state index contributed by atoms with van der Waals surface area (Å²) in [4.78, 5) is 0. The molecule has 0 bridgehead atoms. The highest BCUT2D eigenvalue weighted by atomic mass is 31.2. The zero-order valence-electron chi connectivity index (χ0n) is 14.2. The van der Waals surface area contributed by atoms with Gasteiger partial charge in [0.05, 0.1) is 15.9 Å². The molecule has 0 saturated heterocycles. The number of rotatable bonds is 9.